The number of rotatable bonds is 3. The number of carbonyl (C=O) groups is 1. The van der Waals surface area contributed by atoms with Crippen molar-refractivity contribution in [2.75, 3.05) is 0 Å². The number of fused-ring (bicyclic) bond motifs is 1. The summed E-state index contributed by atoms with van der Waals surface area (Å²) in [4.78, 5) is 12.2. The molecule has 2 aromatic rings. The second-order valence-electron chi connectivity index (χ2n) is 5.62. The van der Waals surface area contributed by atoms with Gasteiger partial charge in [-0.2, -0.15) is 0 Å². The smallest absolute Gasteiger partial charge is 0.423 e. The van der Waals surface area contributed by atoms with E-state index in [1.54, 1.807) is 12.2 Å². The molecule has 0 unspecified atom stereocenters. The Labute approximate surface area is 130 Å². The van der Waals surface area contributed by atoms with E-state index >= 15 is 0 Å². The van der Waals surface area contributed by atoms with Crippen molar-refractivity contribution in [3.63, 3.8) is 0 Å². The Hall–Kier alpha value is -2.17. The third-order valence-corrected chi connectivity index (χ3v) is 4.05. The van der Waals surface area contributed by atoms with Crippen LogP contribution in [0, 0.1) is 13.8 Å². The van der Waals surface area contributed by atoms with Crippen LogP contribution in [0.3, 0.4) is 0 Å². The van der Waals surface area contributed by atoms with Crippen molar-refractivity contribution in [2.45, 2.75) is 20.5 Å². The van der Waals surface area contributed by atoms with Crippen molar-refractivity contribution >= 4 is 24.4 Å². The number of benzene rings is 2. The van der Waals surface area contributed by atoms with Gasteiger partial charge >= 0.3 is 7.12 Å². The van der Waals surface area contributed by atoms with Gasteiger partial charge in [0.1, 0.15) is 0 Å². The zero-order chi connectivity index (χ0) is 15.7. The highest BCUT2D eigenvalue weighted by Gasteiger charge is 2.26. The third-order valence-electron chi connectivity index (χ3n) is 4.05. The minimum Gasteiger partial charge on any atom is -0.423 e. The maximum atomic E-state index is 12.2. The third kappa shape index (κ3) is 2.89. The van der Waals surface area contributed by atoms with Gasteiger partial charge in [-0.1, -0.05) is 36.4 Å². The van der Waals surface area contributed by atoms with Gasteiger partial charge in [0.05, 0.1) is 6.61 Å². The Morgan fingerprint density at radius 2 is 2.00 bits per heavy atom. The fourth-order valence-electron chi connectivity index (χ4n) is 2.50. The first-order valence-electron chi connectivity index (χ1n) is 7.27. The molecule has 0 radical (unpaired) electrons. The van der Waals surface area contributed by atoms with Crippen LogP contribution in [0.15, 0.2) is 42.5 Å². The van der Waals surface area contributed by atoms with Crippen molar-refractivity contribution in [2.24, 2.45) is 0 Å². The normalized spacial score (nSPS) is 13.7. The summed E-state index contributed by atoms with van der Waals surface area (Å²) in [6.07, 6.45) is 3.33. The Morgan fingerprint density at radius 3 is 2.77 bits per heavy atom. The number of hydrogen-bond acceptors (Lipinski definition) is 3. The fourth-order valence-corrected chi connectivity index (χ4v) is 2.50. The van der Waals surface area contributed by atoms with Crippen LogP contribution in [0.4, 0.5) is 0 Å². The van der Waals surface area contributed by atoms with Crippen molar-refractivity contribution in [1.82, 2.24) is 0 Å². The van der Waals surface area contributed by atoms with Gasteiger partial charge in [-0.25, -0.2) is 0 Å². The molecule has 0 amide bonds. The van der Waals surface area contributed by atoms with Gasteiger partial charge in [-0.3, -0.25) is 4.79 Å². The van der Waals surface area contributed by atoms with E-state index in [9.17, 15) is 9.82 Å². The first-order valence-corrected chi connectivity index (χ1v) is 7.27. The molecule has 0 bridgehead atoms. The van der Waals surface area contributed by atoms with Gasteiger partial charge in [0, 0.05) is 5.56 Å². The van der Waals surface area contributed by atoms with Gasteiger partial charge in [-0.05, 0) is 53.7 Å². The summed E-state index contributed by atoms with van der Waals surface area (Å²) >= 11 is 0. The van der Waals surface area contributed by atoms with Crippen LogP contribution in [-0.2, 0) is 11.3 Å². The molecule has 3 nitrogen and oxygen atoms in total. The SMILES string of the molecule is Cc1ccc(C(=O)/C=C/c2ccc3c(c2)B(O)OC3)cc1C. The van der Waals surface area contributed by atoms with Crippen molar-refractivity contribution in [1.29, 1.82) is 0 Å². The molecule has 0 fully saturated rings. The molecule has 3 rings (SSSR count). The van der Waals surface area contributed by atoms with E-state index in [0.717, 1.165) is 22.2 Å². The van der Waals surface area contributed by atoms with Crippen LogP contribution in [0.1, 0.15) is 32.6 Å². The lowest BCUT2D eigenvalue weighted by Crippen LogP contribution is -2.28. The van der Waals surface area contributed by atoms with Gasteiger partial charge in [-0.15, -0.1) is 0 Å². The van der Waals surface area contributed by atoms with Crippen LogP contribution < -0.4 is 5.46 Å². The predicted octanol–water partition coefficient (Wildman–Crippen LogP) is 2.42. The number of aryl methyl sites for hydroxylation is 2. The van der Waals surface area contributed by atoms with Crippen molar-refractivity contribution in [3.05, 3.63) is 70.3 Å². The Morgan fingerprint density at radius 1 is 1.18 bits per heavy atom. The van der Waals surface area contributed by atoms with E-state index < -0.39 is 7.12 Å². The monoisotopic (exact) mass is 292 g/mol. The van der Waals surface area contributed by atoms with E-state index in [4.69, 9.17) is 4.65 Å². The zero-order valence-corrected chi connectivity index (χ0v) is 12.7. The molecule has 0 saturated carbocycles. The summed E-state index contributed by atoms with van der Waals surface area (Å²) in [6.45, 7) is 4.46. The lowest BCUT2D eigenvalue weighted by atomic mass is 9.79. The van der Waals surface area contributed by atoms with E-state index in [2.05, 4.69) is 0 Å². The van der Waals surface area contributed by atoms with Crippen LogP contribution in [0.5, 0.6) is 0 Å². The summed E-state index contributed by atoms with van der Waals surface area (Å²) in [5, 5.41) is 9.70. The first-order chi connectivity index (χ1) is 10.5. The Balaban J connectivity index is 1.80. The molecule has 22 heavy (non-hydrogen) atoms. The average molecular weight is 292 g/mol. The predicted molar refractivity (Wildman–Crippen MR) is 88.1 cm³/mol. The molecule has 1 N–H and O–H groups in total. The maximum absolute atomic E-state index is 12.2. The highest BCUT2D eigenvalue weighted by atomic mass is 16.5. The van der Waals surface area contributed by atoms with E-state index in [1.165, 1.54) is 5.56 Å². The van der Waals surface area contributed by atoms with Crippen molar-refractivity contribution < 1.29 is 14.5 Å². The summed E-state index contributed by atoms with van der Waals surface area (Å²) in [5.41, 5.74) is 5.61. The molecule has 1 heterocycles. The minimum atomic E-state index is -0.862. The molecule has 1 aliphatic heterocycles. The molecule has 4 heteroatoms. The maximum Gasteiger partial charge on any atom is 0.491 e. The van der Waals surface area contributed by atoms with Crippen LogP contribution in [0.2, 0.25) is 0 Å². The second kappa shape index (κ2) is 5.91. The Bertz CT molecular complexity index is 765. The highest BCUT2D eigenvalue weighted by molar-refractivity contribution is 6.61. The molecule has 0 aromatic heterocycles. The summed E-state index contributed by atoms with van der Waals surface area (Å²) in [5.74, 6) is -0.0274. The van der Waals surface area contributed by atoms with Gasteiger partial charge in [0.15, 0.2) is 5.78 Å². The topological polar surface area (TPSA) is 46.5 Å². The highest BCUT2D eigenvalue weighted by Crippen LogP contribution is 2.14. The van der Waals surface area contributed by atoms with Crippen LogP contribution in [-0.4, -0.2) is 17.9 Å². The summed E-state index contributed by atoms with van der Waals surface area (Å²) < 4.78 is 5.16. The van der Waals surface area contributed by atoms with E-state index in [0.29, 0.717) is 12.2 Å². The van der Waals surface area contributed by atoms with E-state index in [1.807, 2.05) is 50.2 Å². The van der Waals surface area contributed by atoms with Gasteiger partial charge < -0.3 is 9.68 Å². The molecular formula is C18H17BO3. The molecule has 0 atom stereocenters. The number of ketones is 1. The van der Waals surface area contributed by atoms with E-state index in [-0.39, 0.29) is 5.78 Å². The van der Waals surface area contributed by atoms with Crippen LogP contribution in [0.25, 0.3) is 6.08 Å². The molecule has 1 aliphatic rings. The fraction of sp³-hybridized carbons (Fsp3) is 0.167. The number of carbonyl (C=O) groups excluding carboxylic acids is 1. The molecule has 0 aliphatic carbocycles. The lowest BCUT2D eigenvalue weighted by Gasteiger charge is -2.02. The number of hydrogen-bond donors (Lipinski definition) is 1. The second-order valence-corrected chi connectivity index (χ2v) is 5.62. The standard InChI is InChI=1S/C18H17BO3/c1-12-3-6-15(9-13(12)2)18(20)8-5-14-4-7-16-11-22-19(21)17(16)10-14/h3-10,21H,11H2,1-2H3/b8-5+. The number of allylic oxidation sites excluding steroid dienone is 1. The Kier molecular flexibility index (Phi) is 3.97. The molecule has 0 saturated heterocycles. The summed E-state index contributed by atoms with van der Waals surface area (Å²) in [7, 11) is -0.862. The zero-order valence-electron chi connectivity index (χ0n) is 12.7. The minimum absolute atomic E-state index is 0.0274. The quantitative estimate of drug-likeness (QED) is 0.537. The van der Waals surface area contributed by atoms with Gasteiger partial charge in [0.2, 0.25) is 0 Å². The van der Waals surface area contributed by atoms with Gasteiger partial charge in [0.25, 0.3) is 0 Å². The molecule has 2 aromatic carbocycles. The first kappa shape index (κ1) is 14.8. The molecule has 0 spiro atoms. The summed E-state index contributed by atoms with van der Waals surface area (Å²) in [6, 6.07) is 11.4. The van der Waals surface area contributed by atoms with Crippen LogP contribution >= 0.6 is 0 Å². The van der Waals surface area contributed by atoms with Crippen molar-refractivity contribution in [3.8, 4) is 0 Å². The molecule has 110 valence electrons. The average Bonchev–Trinajstić information content (AvgIpc) is 2.88. The largest absolute Gasteiger partial charge is 0.491 e. The lowest BCUT2D eigenvalue weighted by molar-refractivity contribution is 0.104. The molecular weight excluding hydrogens is 275 g/mol.